The number of halogens is 2. The van der Waals surface area contributed by atoms with E-state index in [0.29, 0.717) is 0 Å². The Morgan fingerprint density at radius 3 is 2.67 bits per heavy atom. The molecule has 64 valence electrons. The molecule has 1 aromatic rings. The highest BCUT2D eigenvalue weighted by Crippen LogP contribution is 2.23. The molecule has 0 bridgehead atoms. The van der Waals surface area contributed by atoms with E-state index >= 15 is 0 Å². The van der Waals surface area contributed by atoms with E-state index in [1.807, 2.05) is 0 Å². The van der Waals surface area contributed by atoms with Gasteiger partial charge in [0.05, 0.1) is 10.8 Å². The first kappa shape index (κ1) is 8.93. The predicted molar refractivity (Wildman–Crippen MR) is 42.6 cm³/mol. The standard InChI is InChI=1S/C7H5ClFNO2/c8-4-5-2-1-3-6(9)7(5)10(11)12/h1-3H,4H2. The Morgan fingerprint density at radius 1 is 1.58 bits per heavy atom. The lowest BCUT2D eigenvalue weighted by Gasteiger charge is -1.97. The minimum Gasteiger partial charge on any atom is -0.258 e. The van der Waals surface area contributed by atoms with Crippen molar-refractivity contribution in [3.8, 4) is 0 Å². The summed E-state index contributed by atoms with van der Waals surface area (Å²) >= 11 is 5.38. The monoisotopic (exact) mass is 189 g/mol. The molecule has 0 aliphatic carbocycles. The van der Waals surface area contributed by atoms with Crippen LogP contribution in [-0.4, -0.2) is 4.92 Å². The summed E-state index contributed by atoms with van der Waals surface area (Å²) in [4.78, 5) is 9.54. The van der Waals surface area contributed by atoms with Crippen molar-refractivity contribution < 1.29 is 9.31 Å². The number of benzene rings is 1. The summed E-state index contributed by atoms with van der Waals surface area (Å²) in [6.45, 7) is 0. The third-order valence-electron chi connectivity index (χ3n) is 1.40. The summed E-state index contributed by atoms with van der Waals surface area (Å²) in [5.74, 6) is -0.910. The molecule has 0 atom stereocenters. The summed E-state index contributed by atoms with van der Waals surface area (Å²) in [6.07, 6.45) is 0. The van der Waals surface area contributed by atoms with Gasteiger partial charge in [-0.05, 0) is 6.07 Å². The van der Waals surface area contributed by atoms with Gasteiger partial charge in [-0.3, -0.25) is 10.1 Å². The van der Waals surface area contributed by atoms with E-state index in [2.05, 4.69) is 0 Å². The number of para-hydroxylation sites is 1. The van der Waals surface area contributed by atoms with E-state index in [9.17, 15) is 14.5 Å². The van der Waals surface area contributed by atoms with Gasteiger partial charge < -0.3 is 0 Å². The maximum Gasteiger partial charge on any atom is 0.309 e. The molecule has 0 fully saturated rings. The molecule has 3 nitrogen and oxygen atoms in total. The van der Waals surface area contributed by atoms with Gasteiger partial charge in [0.1, 0.15) is 0 Å². The van der Waals surface area contributed by atoms with Crippen LogP contribution in [0.4, 0.5) is 10.1 Å². The molecule has 5 heteroatoms. The SMILES string of the molecule is O=[N+]([O-])c1c(F)cccc1CCl. The van der Waals surface area contributed by atoms with Crippen LogP contribution in [0.15, 0.2) is 18.2 Å². The number of alkyl halides is 1. The van der Waals surface area contributed by atoms with Gasteiger partial charge in [0.15, 0.2) is 0 Å². The van der Waals surface area contributed by atoms with Crippen LogP contribution >= 0.6 is 11.6 Å². The second kappa shape index (κ2) is 3.49. The molecule has 0 spiro atoms. The van der Waals surface area contributed by atoms with Crippen molar-refractivity contribution in [2.75, 3.05) is 0 Å². The first-order valence-corrected chi connectivity index (χ1v) is 3.68. The van der Waals surface area contributed by atoms with Crippen LogP contribution in [0.25, 0.3) is 0 Å². The van der Waals surface area contributed by atoms with Crippen LogP contribution in [0.3, 0.4) is 0 Å². The molecule has 0 aromatic heterocycles. The zero-order chi connectivity index (χ0) is 9.14. The van der Waals surface area contributed by atoms with E-state index in [0.717, 1.165) is 6.07 Å². The average molecular weight is 190 g/mol. The molecule has 0 aliphatic heterocycles. The molecule has 12 heavy (non-hydrogen) atoms. The van der Waals surface area contributed by atoms with Crippen LogP contribution in [0.2, 0.25) is 0 Å². The Labute approximate surface area is 72.9 Å². The van der Waals surface area contributed by atoms with Gasteiger partial charge in [0, 0.05) is 5.56 Å². The molecular weight excluding hydrogens is 185 g/mol. The molecule has 0 radical (unpaired) electrons. The van der Waals surface area contributed by atoms with Crippen molar-refractivity contribution in [3.05, 3.63) is 39.7 Å². The fraction of sp³-hybridized carbons (Fsp3) is 0.143. The number of rotatable bonds is 2. The van der Waals surface area contributed by atoms with Crippen molar-refractivity contribution >= 4 is 17.3 Å². The zero-order valence-electron chi connectivity index (χ0n) is 5.96. The van der Waals surface area contributed by atoms with Crippen molar-refractivity contribution in [2.24, 2.45) is 0 Å². The lowest BCUT2D eigenvalue weighted by Crippen LogP contribution is -1.96. The third kappa shape index (κ3) is 1.53. The molecule has 0 unspecified atom stereocenters. The van der Waals surface area contributed by atoms with E-state index in [4.69, 9.17) is 11.6 Å². The number of nitro benzene ring substituents is 1. The highest BCUT2D eigenvalue weighted by molar-refractivity contribution is 6.17. The van der Waals surface area contributed by atoms with Crippen molar-refractivity contribution in [1.29, 1.82) is 0 Å². The third-order valence-corrected chi connectivity index (χ3v) is 1.68. The summed E-state index contributed by atoms with van der Waals surface area (Å²) in [6, 6.07) is 3.85. The van der Waals surface area contributed by atoms with Gasteiger partial charge in [-0.2, -0.15) is 4.39 Å². The lowest BCUT2D eigenvalue weighted by molar-refractivity contribution is -0.388. The lowest BCUT2D eigenvalue weighted by atomic mass is 10.2. The minimum absolute atomic E-state index is 0.0614. The predicted octanol–water partition coefficient (Wildman–Crippen LogP) is 2.47. The average Bonchev–Trinajstić information content (AvgIpc) is 2.03. The Balaban J connectivity index is 3.29. The topological polar surface area (TPSA) is 43.1 Å². The maximum atomic E-state index is 12.8. The van der Waals surface area contributed by atoms with Crippen LogP contribution in [0.5, 0.6) is 0 Å². The Hall–Kier alpha value is -1.16. The molecule has 0 aliphatic rings. The summed E-state index contributed by atoms with van der Waals surface area (Å²) in [5, 5.41) is 10.3. The normalized spacial score (nSPS) is 9.83. The van der Waals surface area contributed by atoms with Gasteiger partial charge in [-0.1, -0.05) is 12.1 Å². The summed E-state index contributed by atoms with van der Waals surface area (Å²) < 4.78 is 12.8. The summed E-state index contributed by atoms with van der Waals surface area (Å²) in [5.41, 5.74) is -0.339. The summed E-state index contributed by atoms with van der Waals surface area (Å²) in [7, 11) is 0. The highest BCUT2D eigenvalue weighted by atomic mass is 35.5. The zero-order valence-corrected chi connectivity index (χ0v) is 6.71. The number of nitrogens with zero attached hydrogens (tertiary/aromatic N) is 1. The minimum atomic E-state index is -0.849. The van der Waals surface area contributed by atoms with Crippen LogP contribution in [0.1, 0.15) is 5.56 Å². The molecular formula is C7H5ClFNO2. The number of hydrogen-bond donors (Lipinski definition) is 0. The van der Waals surface area contributed by atoms with E-state index in [-0.39, 0.29) is 11.4 Å². The number of nitro groups is 1. The van der Waals surface area contributed by atoms with Gasteiger partial charge in [0.2, 0.25) is 5.82 Å². The van der Waals surface area contributed by atoms with Gasteiger partial charge in [-0.25, -0.2) is 0 Å². The Morgan fingerprint density at radius 2 is 2.25 bits per heavy atom. The van der Waals surface area contributed by atoms with Gasteiger partial charge in [0.25, 0.3) is 0 Å². The van der Waals surface area contributed by atoms with Crippen molar-refractivity contribution in [2.45, 2.75) is 5.88 Å². The van der Waals surface area contributed by atoms with Gasteiger partial charge in [-0.15, -0.1) is 11.6 Å². The second-order valence-electron chi connectivity index (χ2n) is 2.14. The second-order valence-corrected chi connectivity index (χ2v) is 2.41. The van der Waals surface area contributed by atoms with Crippen molar-refractivity contribution in [3.63, 3.8) is 0 Å². The van der Waals surface area contributed by atoms with Crippen molar-refractivity contribution in [1.82, 2.24) is 0 Å². The molecule has 0 N–H and O–H groups in total. The molecule has 0 amide bonds. The number of hydrogen-bond acceptors (Lipinski definition) is 2. The molecule has 0 saturated heterocycles. The molecule has 0 heterocycles. The molecule has 0 saturated carbocycles. The molecule has 1 aromatic carbocycles. The van der Waals surface area contributed by atoms with E-state index in [1.54, 1.807) is 0 Å². The quantitative estimate of drug-likeness (QED) is 0.408. The highest BCUT2D eigenvalue weighted by Gasteiger charge is 2.18. The largest absolute Gasteiger partial charge is 0.309 e. The fourth-order valence-corrected chi connectivity index (χ4v) is 1.09. The molecule has 1 rings (SSSR count). The first-order chi connectivity index (χ1) is 5.66. The van der Waals surface area contributed by atoms with E-state index < -0.39 is 16.4 Å². The Bertz CT molecular complexity index is 316. The van der Waals surface area contributed by atoms with Crippen LogP contribution in [0, 0.1) is 15.9 Å². The van der Waals surface area contributed by atoms with Crippen LogP contribution in [-0.2, 0) is 5.88 Å². The van der Waals surface area contributed by atoms with Gasteiger partial charge >= 0.3 is 5.69 Å². The Kier molecular flexibility index (Phi) is 2.60. The smallest absolute Gasteiger partial charge is 0.258 e. The maximum absolute atomic E-state index is 12.8. The van der Waals surface area contributed by atoms with E-state index in [1.165, 1.54) is 12.1 Å². The van der Waals surface area contributed by atoms with Crippen LogP contribution < -0.4 is 0 Å². The first-order valence-electron chi connectivity index (χ1n) is 3.14. The fourth-order valence-electron chi connectivity index (χ4n) is 0.872.